The van der Waals surface area contributed by atoms with E-state index in [-0.39, 0.29) is 17.2 Å². The summed E-state index contributed by atoms with van der Waals surface area (Å²) in [6.07, 6.45) is 0. The fourth-order valence-corrected chi connectivity index (χ4v) is 3.67. The Hall–Kier alpha value is -2.84. The molecule has 1 heterocycles. The van der Waals surface area contributed by atoms with E-state index in [1.807, 2.05) is 37.3 Å². The van der Waals surface area contributed by atoms with Crippen molar-refractivity contribution in [3.8, 4) is 5.75 Å². The van der Waals surface area contributed by atoms with E-state index >= 15 is 0 Å². The van der Waals surface area contributed by atoms with Gasteiger partial charge in [-0.15, -0.1) is 0 Å². The van der Waals surface area contributed by atoms with E-state index in [4.69, 9.17) is 9.84 Å². The molecule has 8 heteroatoms. The smallest absolute Gasteiger partial charge is 0.292 e. The first kappa shape index (κ1) is 21.9. The van der Waals surface area contributed by atoms with Gasteiger partial charge in [0, 0.05) is 18.3 Å². The first-order chi connectivity index (χ1) is 14.5. The van der Waals surface area contributed by atoms with Crippen LogP contribution in [0, 0.1) is 24.0 Å². The second-order valence-electron chi connectivity index (χ2n) is 7.69. The van der Waals surface area contributed by atoms with Crippen molar-refractivity contribution in [3.63, 3.8) is 0 Å². The van der Waals surface area contributed by atoms with Crippen molar-refractivity contribution in [2.45, 2.75) is 13.8 Å². The molecule has 0 radical (unpaired) electrons. The van der Waals surface area contributed by atoms with Crippen molar-refractivity contribution in [2.75, 3.05) is 62.7 Å². The quantitative estimate of drug-likeness (QED) is 0.326. The number of hydrogen-bond acceptors (Lipinski definition) is 6. The normalized spacial score (nSPS) is 14.6. The van der Waals surface area contributed by atoms with Crippen LogP contribution in [0.25, 0.3) is 0 Å². The van der Waals surface area contributed by atoms with E-state index in [0.717, 1.165) is 44.2 Å². The predicted octanol–water partition coefficient (Wildman–Crippen LogP) is 1.40. The number of ether oxygens (including phenoxy) is 1. The Bertz CT molecular complexity index is 866. The number of rotatable bonds is 9. The van der Waals surface area contributed by atoms with Crippen LogP contribution in [0.1, 0.15) is 11.1 Å². The molecule has 0 amide bonds. The van der Waals surface area contributed by atoms with Gasteiger partial charge < -0.3 is 25.0 Å². The molecule has 0 unspecified atom stereocenters. The maximum Gasteiger partial charge on any atom is 0.292 e. The molecule has 1 saturated heterocycles. The van der Waals surface area contributed by atoms with Crippen LogP contribution in [0.5, 0.6) is 5.75 Å². The summed E-state index contributed by atoms with van der Waals surface area (Å²) in [5.74, 6) is 0.798. The zero-order valence-corrected chi connectivity index (χ0v) is 17.7. The average Bonchev–Trinajstić information content (AvgIpc) is 2.74. The van der Waals surface area contributed by atoms with Crippen molar-refractivity contribution in [3.05, 3.63) is 57.6 Å². The van der Waals surface area contributed by atoms with Crippen LogP contribution in [0.2, 0.25) is 0 Å². The highest BCUT2D eigenvalue weighted by molar-refractivity contribution is 5.69. The summed E-state index contributed by atoms with van der Waals surface area (Å²) in [6, 6.07) is 11.2. The van der Waals surface area contributed by atoms with Crippen molar-refractivity contribution >= 4 is 17.1 Å². The summed E-state index contributed by atoms with van der Waals surface area (Å²) in [4.78, 5) is 14.7. The Morgan fingerprint density at radius 2 is 1.93 bits per heavy atom. The molecule has 0 atom stereocenters. The highest BCUT2D eigenvalue weighted by Crippen LogP contribution is 2.29. The lowest BCUT2D eigenvalue weighted by atomic mass is 10.1. The van der Waals surface area contributed by atoms with Crippen molar-refractivity contribution in [2.24, 2.45) is 0 Å². The Kier molecular flexibility index (Phi) is 7.48. The summed E-state index contributed by atoms with van der Waals surface area (Å²) in [6.45, 7) is 9.56. The molecule has 1 fully saturated rings. The standard InChI is InChI=1S/C22H30N4O4/c1-17-3-5-20(15-18(17)2)30-14-7-23-21-16-19(4-6-22(21)26(28)29)25-10-8-24(9-11-25)12-13-27/h3-6,15-16,23,27H,7-14H2,1-2H3/p+1. The van der Waals surface area contributed by atoms with Crippen LogP contribution < -0.4 is 19.9 Å². The first-order valence-electron chi connectivity index (χ1n) is 10.4. The fraction of sp³-hybridized carbons (Fsp3) is 0.455. The second kappa shape index (κ2) is 10.3. The van der Waals surface area contributed by atoms with Crippen LogP contribution in [0.3, 0.4) is 0 Å². The molecule has 2 aromatic rings. The van der Waals surface area contributed by atoms with E-state index in [1.54, 1.807) is 6.07 Å². The first-order valence-corrected chi connectivity index (χ1v) is 10.4. The van der Waals surface area contributed by atoms with E-state index in [1.165, 1.54) is 16.0 Å². The molecule has 0 aliphatic carbocycles. The summed E-state index contributed by atoms with van der Waals surface area (Å²) in [5, 5.41) is 23.7. The average molecular weight is 416 g/mol. The Morgan fingerprint density at radius 3 is 2.60 bits per heavy atom. The monoisotopic (exact) mass is 415 g/mol. The molecule has 0 spiro atoms. The molecule has 2 aromatic carbocycles. The molecule has 162 valence electrons. The van der Waals surface area contributed by atoms with Gasteiger partial charge >= 0.3 is 0 Å². The molecule has 0 aromatic heterocycles. The number of nitrogens with one attached hydrogen (secondary N) is 2. The number of nitro benzene ring substituents is 1. The van der Waals surface area contributed by atoms with Gasteiger partial charge in [0.1, 0.15) is 24.6 Å². The van der Waals surface area contributed by atoms with Crippen molar-refractivity contribution in [1.82, 2.24) is 0 Å². The highest BCUT2D eigenvalue weighted by atomic mass is 16.6. The number of anilines is 2. The molecule has 0 bridgehead atoms. The summed E-state index contributed by atoms with van der Waals surface area (Å²) >= 11 is 0. The minimum Gasteiger partial charge on any atom is -0.492 e. The van der Waals surface area contributed by atoms with Gasteiger partial charge in [-0.3, -0.25) is 10.1 Å². The Balaban J connectivity index is 1.60. The third-order valence-electron chi connectivity index (χ3n) is 5.64. The highest BCUT2D eigenvalue weighted by Gasteiger charge is 2.22. The topological polar surface area (TPSA) is 92.3 Å². The van der Waals surface area contributed by atoms with Gasteiger partial charge in [0.05, 0.1) is 37.7 Å². The second-order valence-corrected chi connectivity index (χ2v) is 7.69. The molecular formula is C22H31N4O4+. The molecular weight excluding hydrogens is 384 g/mol. The van der Waals surface area contributed by atoms with Gasteiger partial charge in [-0.05, 0) is 49.2 Å². The van der Waals surface area contributed by atoms with Gasteiger partial charge in [-0.2, -0.15) is 0 Å². The van der Waals surface area contributed by atoms with Crippen LogP contribution in [-0.2, 0) is 0 Å². The van der Waals surface area contributed by atoms with E-state index in [2.05, 4.69) is 17.1 Å². The SMILES string of the molecule is Cc1ccc(OCCNc2cc(N3CC[NH+](CCO)CC3)ccc2[N+](=O)[O-])cc1C. The van der Waals surface area contributed by atoms with Crippen molar-refractivity contribution < 1.29 is 19.7 Å². The van der Waals surface area contributed by atoms with Crippen LogP contribution in [0.15, 0.2) is 36.4 Å². The van der Waals surface area contributed by atoms with Gasteiger partial charge in [0.2, 0.25) is 0 Å². The number of nitro groups is 1. The number of piperazine rings is 1. The summed E-state index contributed by atoms with van der Waals surface area (Å²) < 4.78 is 5.78. The van der Waals surface area contributed by atoms with E-state index < -0.39 is 0 Å². The molecule has 30 heavy (non-hydrogen) atoms. The molecule has 3 rings (SSSR count). The van der Waals surface area contributed by atoms with Gasteiger partial charge in [0.25, 0.3) is 5.69 Å². The van der Waals surface area contributed by atoms with E-state index in [9.17, 15) is 10.1 Å². The van der Waals surface area contributed by atoms with E-state index in [0.29, 0.717) is 18.8 Å². The molecule has 1 aliphatic rings. The van der Waals surface area contributed by atoms with Gasteiger partial charge in [-0.25, -0.2) is 0 Å². The third kappa shape index (κ3) is 5.61. The van der Waals surface area contributed by atoms with Crippen LogP contribution in [0.4, 0.5) is 17.1 Å². The lowest BCUT2D eigenvalue weighted by molar-refractivity contribution is -0.900. The lowest BCUT2D eigenvalue weighted by Crippen LogP contribution is -3.15. The summed E-state index contributed by atoms with van der Waals surface area (Å²) in [5.41, 5.74) is 3.93. The number of aliphatic hydroxyl groups excluding tert-OH is 1. The molecule has 0 saturated carbocycles. The molecule has 1 aliphatic heterocycles. The molecule has 3 N–H and O–H groups in total. The number of quaternary nitrogens is 1. The number of aryl methyl sites for hydroxylation is 2. The summed E-state index contributed by atoms with van der Waals surface area (Å²) in [7, 11) is 0. The third-order valence-corrected chi connectivity index (χ3v) is 5.64. The van der Waals surface area contributed by atoms with Gasteiger partial charge in [0.15, 0.2) is 0 Å². The Labute approximate surface area is 177 Å². The number of hydrogen-bond donors (Lipinski definition) is 3. The number of aliphatic hydroxyl groups is 1. The minimum absolute atomic E-state index is 0.0643. The number of benzene rings is 2. The lowest BCUT2D eigenvalue weighted by Gasteiger charge is -2.33. The predicted molar refractivity (Wildman–Crippen MR) is 118 cm³/mol. The number of nitrogens with zero attached hydrogens (tertiary/aromatic N) is 2. The van der Waals surface area contributed by atoms with Gasteiger partial charge in [-0.1, -0.05) is 6.07 Å². The zero-order valence-electron chi connectivity index (χ0n) is 17.7. The maximum absolute atomic E-state index is 11.4. The van der Waals surface area contributed by atoms with Crippen LogP contribution in [-0.4, -0.2) is 62.5 Å². The minimum atomic E-state index is -0.361. The Morgan fingerprint density at radius 1 is 1.17 bits per heavy atom. The van der Waals surface area contributed by atoms with Crippen molar-refractivity contribution in [1.29, 1.82) is 0 Å². The maximum atomic E-state index is 11.4. The van der Waals surface area contributed by atoms with Crippen LogP contribution >= 0.6 is 0 Å². The molecule has 8 nitrogen and oxygen atoms in total. The largest absolute Gasteiger partial charge is 0.492 e. The fourth-order valence-electron chi connectivity index (χ4n) is 3.67. The zero-order chi connectivity index (χ0) is 21.5.